The zero-order valence-electron chi connectivity index (χ0n) is 13.9. The Morgan fingerprint density at radius 1 is 1.12 bits per heavy atom. The fraction of sp³-hybridized carbons (Fsp3) is 0.200. The van der Waals surface area contributed by atoms with Gasteiger partial charge < -0.3 is 10.2 Å². The minimum absolute atomic E-state index is 0.0400. The van der Waals surface area contributed by atoms with E-state index >= 15 is 0 Å². The number of benzene rings is 1. The Balaban J connectivity index is 1.77. The summed E-state index contributed by atoms with van der Waals surface area (Å²) < 4.78 is 0. The predicted octanol–water partition coefficient (Wildman–Crippen LogP) is 4.88. The fourth-order valence-corrected chi connectivity index (χ4v) is 4.47. The van der Waals surface area contributed by atoms with E-state index in [1.165, 1.54) is 10.4 Å². The Bertz CT molecular complexity index is 844. The maximum Gasteiger partial charge on any atom is 0.174 e. The highest BCUT2D eigenvalue weighted by Gasteiger charge is 2.41. The highest BCUT2D eigenvalue weighted by molar-refractivity contribution is 7.80. The summed E-state index contributed by atoms with van der Waals surface area (Å²) in [4.78, 5) is 8.07. The van der Waals surface area contributed by atoms with Crippen LogP contribution in [0.15, 0.2) is 66.2 Å². The molecule has 1 fully saturated rings. The van der Waals surface area contributed by atoms with Crippen LogP contribution < -0.4 is 10.2 Å². The molecule has 0 bridgehead atoms. The van der Waals surface area contributed by atoms with Gasteiger partial charge in [0.15, 0.2) is 5.11 Å². The predicted molar refractivity (Wildman–Crippen MR) is 108 cm³/mol. The molecule has 1 aliphatic rings. The molecule has 1 N–H and O–H groups in total. The average molecular weight is 366 g/mol. The van der Waals surface area contributed by atoms with Gasteiger partial charge in [0.05, 0.1) is 17.8 Å². The molecule has 0 unspecified atom stereocenters. The van der Waals surface area contributed by atoms with Crippen LogP contribution in [-0.4, -0.2) is 10.1 Å². The molecule has 1 aromatic carbocycles. The minimum Gasteiger partial charge on any atom is -0.351 e. The van der Waals surface area contributed by atoms with E-state index in [0.717, 1.165) is 22.9 Å². The third-order valence-electron chi connectivity index (χ3n) is 4.56. The number of hydrogen-bond acceptors (Lipinski definition) is 3. The summed E-state index contributed by atoms with van der Waals surface area (Å²) >= 11 is 7.46. The molecule has 4 rings (SSSR count). The molecular weight excluding hydrogens is 346 g/mol. The van der Waals surface area contributed by atoms with Crippen LogP contribution >= 0.6 is 23.6 Å². The van der Waals surface area contributed by atoms with Gasteiger partial charge in [0, 0.05) is 16.8 Å². The first-order chi connectivity index (χ1) is 12.3. The highest BCUT2D eigenvalue weighted by atomic mass is 32.1. The lowest BCUT2D eigenvalue weighted by Gasteiger charge is -2.27. The third-order valence-corrected chi connectivity index (χ3v) is 5.81. The van der Waals surface area contributed by atoms with Gasteiger partial charge in [-0.15, -0.1) is 11.3 Å². The maximum absolute atomic E-state index is 5.70. The molecular formula is C20H19N3S2. The molecule has 3 heterocycles. The second-order valence-corrected chi connectivity index (χ2v) is 7.40. The molecule has 3 aromatic rings. The number of hydrogen-bond donors (Lipinski definition) is 1. The van der Waals surface area contributed by atoms with Crippen LogP contribution in [0.2, 0.25) is 0 Å². The van der Waals surface area contributed by atoms with Gasteiger partial charge in [0.1, 0.15) is 0 Å². The second-order valence-electron chi connectivity index (χ2n) is 6.03. The molecule has 5 heteroatoms. The summed E-state index contributed by atoms with van der Waals surface area (Å²) in [6.07, 6.45) is 2.87. The Hall–Kier alpha value is -2.24. The first-order valence-corrected chi connectivity index (χ1v) is 9.69. The molecule has 2 atom stereocenters. The molecule has 2 aromatic heterocycles. The van der Waals surface area contributed by atoms with E-state index in [-0.39, 0.29) is 12.1 Å². The van der Waals surface area contributed by atoms with E-state index in [2.05, 4.69) is 70.0 Å². The van der Waals surface area contributed by atoms with Crippen molar-refractivity contribution < 1.29 is 0 Å². The molecule has 3 nitrogen and oxygen atoms in total. The van der Waals surface area contributed by atoms with E-state index in [1.807, 2.05) is 18.3 Å². The summed E-state index contributed by atoms with van der Waals surface area (Å²) in [6.45, 7) is 2.17. The summed E-state index contributed by atoms with van der Waals surface area (Å²) in [5.74, 6) is 0. The minimum atomic E-state index is 0.0400. The van der Waals surface area contributed by atoms with Crippen molar-refractivity contribution in [3.05, 3.63) is 82.3 Å². The topological polar surface area (TPSA) is 28.2 Å². The van der Waals surface area contributed by atoms with Gasteiger partial charge in [0.2, 0.25) is 0 Å². The van der Waals surface area contributed by atoms with Crippen molar-refractivity contribution in [3.63, 3.8) is 0 Å². The lowest BCUT2D eigenvalue weighted by Crippen LogP contribution is -2.29. The van der Waals surface area contributed by atoms with Crippen LogP contribution in [0, 0.1) is 0 Å². The molecule has 126 valence electrons. The highest BCUT2D eigenvalue weighted by Crippen LogP contribution is 2.42. The summed E-state index contributed by atoms with van der Waals surface area (Å²) in [5.41, 5.74) is 3.46. The number of nitrogens with one attached hydrogen (secondary N) is 1. The molecule has 0 amide bonds. The zero-order chi connectivity index (χ0) is 17.2. The Kier molecular flexibility index (Phi) is 4.51. The normalized spacial score (nSPS) is 19.9. The number of rotatable bonds is 4. The van der Waals surface area contributed by atoms with Crippen molar-refractivity contribution >= 4 is 34.4 Å². The number of thiophene rings is 1. The van der Waals surface area contributed by atoms with Gasteiger partial charge in [-0.2, -0.15) is 0 Å². The molecule has 1 saturated heterocycles. The van der Waals surface area contributed by atoms with E-state index in [9.17, 15) is 0 Å². The van der Waals surface area contributed by atoms with Crippen molar-refractivity contribution in [2.75, 3.05) is 4.90 Å². The number of aromatic nitrogens is 1. The zero-order valence-corrected chi connectivity index (χ0v) is 15.6. The van der Waals surface area contributed by atoms with E-state index in [4.69, 9.17) is 12.2 Å². The van der Waals surface area contributed by atoms with Crippen molar-refractivity contribution in [2.45, 2.75) is 25.4 Å². The van der Waals surface area contributed by atoms with Gasteiger partial charge >= 0.3 is 0 Å². The van der Waals surface area contributed by atoms with Crippen molar-refractivity contribution in [2.24, 2.45) is 0 Å². The van der Waals surface area contributed by atoms with Crippen LogP contribution in [0.25, 0.3) is 0 Å². The average Bonchev–Trinajstić information content (AvgIpc) is 3.30. The Labute approximate surface area is 157 Å². The molecule has 0 aliphatic carbocycles. The first-order valence-electron chi connectivity index (χ1n) is 8.41. The first kappa shape index (κ1) is 16.2. The third kappa shape index (κ3) is 3.05. The summed E-state index contributed by atoms with van der Waals surface area (Å²) in [5, 5.41) is 6.35. The van der Waals surface area contributed by atoms with Crippen LogP contribution in [0.5, 0.6) is 0 Å². The monoisotopic (exact) mass is 365 g/mol. The molecule has 0 spiro atoms. The lowest BCUT2D eigenvalue weighted by molar-refractivity contribution is 0.575. The standard InChI is InChI=1S/C20H19N3S2/c1-2-14-8-10-15(11-9-14)23-19(17-7-5-13-25-17)18(22-20(23)24)16-6-3-4-12-21-16/h3-13,18-19H,2H2,1H3,(H,22,24)/t18-,19+/m1/s1. The number of anilines is 1. The number of pyridine rings is 1. The number of nitrogens with zero attached hydrogens (tertiary/aromatic N) is 2. The van der Waals surface area contributed by atoms with Gasteiger partial charge in [0.25, 0.3) is 0 Å². The van der Waals surface area contributed by atoms with E-state index < -0.39 is 0 Å². The number of thiocarbonyl (C=S) groups is 1. The number of aryl methyl sites for hydroxylation is 1. The van der Waals surface area contributed by atoms with Crippen LogP contribution in [-0.2, 0) is 6.42 Å². The molecule has 1 aliphatic heterocycles. The van der Waals surface area contributed by atoms with Crippen LogP contribution in [0.3, 0.4) is 0 Å². The quantitative estimate of drug-likeness (QED) is 0.667. The van der Waals surface area contributed by atoms with Crippen LogP contribution in [0.4, 0.5) is 5.69 Å². The maximum atomic E-state index is 5.70. The van der Waals surface area contributed by atoms with Crippen LogP contribution in [0.1, 0.15) is 35.1 Å². The summed E-state index contributed by atoms with van der Waals surface area (Å²) in [6, 6.07) is 19.1. The Morgan fingerprint density at radius 3 is 2.60 bits per heavy atom. The molecule has 0 saturated carbocycles. The molecule has 25 heavy (non-hydrogen) atoms. The van der Waals surface area contributed by atoms with E-state index in [1.54, 1.807) is 11.3 Å². The SMILES string of the molecule is CCc1ccc(N2C(=S)N[C@H](c3ccccn3)[C@@H]2c2cccs2)cc1. The summed E-state index contributed by atoms with van der Waals surface area (Å²) in [7, 11) is 0. The Morgan fingerprint density at radius 2 is 1.96 bits per heavy atom. The van der Waals surface area contributed by atoms with Crippen molar-refractivity contribution in [1.29, 1.82) is 0 Å². The fourth-order valence-electron chi connectivity index (χ4n) is 3.27. The lowest BCUT2D eigenvalue weighted by atomic mass is 10.0. The van der Waals surface area contributed by atoms with E-state index in [0.29, 0.717) is 0 Å². The van der Waals surface area contributed by atoms with Gasteiger partial charge in [-0.3, -0.25) is 4.98 Å². The second kappa shape index (κ2) is 6.94. The van der Waals surface area contributed by atoms with Gasteiger partial charge in [-0.05, 0) is 59.9 Å². The van der Waals surface area contributed by atoms with Gasteiger partial charge in [-0.1, -0.05) is 31.2 Å². The van der Waals surface area contributed by atoms with Crippen molar-refractivity contribution in [3.8, 4) is 0 Å². The smallest absolute Gasteiger partial charge is 0.174 e. The largest absolute Gasteiger partial charge is 0.351 e. The van der Waals surface area contributed by atoms with Gasteiger partial charge in [-0.25, -0.2) is 0 Å². The molecule has 0 radical (unpaired) electrons. The van der Waals surface area contributed by atoms with Crippen molar-refractivity contribution in [1.82, 2.24) is 10.3 Å².